The lowest BCUT2D eigenvalue weighted by molar-refractivity contribution is -0.103. The Bertz CT molecular complexity index is 445. The van der Waals surface area contributed by atoms with Crippen molar-refractivity contribution in [1.29, 1.82) is 0 Å². The van der Waals surface area contributed by atoms with Crippen molar-refractivity contribution in [3.05, 3.63) is 28.5 Å². The standard InChI is InChI=1S/C9H4ClNO3/c10-7-4-3-6(2-1-5-12)8(11-7)9(13)14/h3-5H,(H,13,14). The Balaban J connectivity index is 3.28. The van der Waals surface area contributed by atoms with Crippen molar-refractivity contribution < 1.29 is 14.7 Å². The molecule has 0 aliphatic heterocycles. The second-order valence-corrected chi connectivity index (χ2v) is 2.61. The molecule has 0 aromatic carbocycles. The molecule has 0 bridgehead atoms. The average molecular weight is 210 g/mol. The van der Waals surface area contributed by atoms with Crippen molar-refractivity contribution in [2.24, 2.45) is 0 Å². The second-order valence-electron chi connectivity index (χ2n) is 2.22. The smallest absolute Gasteiger partial charge is 0.355 e. The van der Waals surface area contributed by atoms with Gasteiger partial charge in [-0.05, 0) is 18.1 Å². The van der Waals surface area contributed by atoms with Gasteiger partial charge in [0.1, 0.15) is 5.15 Å². The number of pyridine rings is 1. The molecular formula is C9H4ClNO3. The Morgan fingerprint density at radius 1 is 1.57 bits per heavy atom. The molecule has 0 aliphatic rings. The molecule has 5 heteroatoms. The molecule has 0 fully saturated rings. The van der Waals surface area contributed by atoms with Crippen molar-refractivity contribution in [1.82, 2.24) is 4.98 Å². The summed E-state index contributed by atoms with van der Waals surface area (Å²) < 4.78 is 0. The summed E-state index contributed by atoms with van der Waals surface area (Å²) >= 11 is 5.50. The molecule has 1 aromatic rings. The van der Waals surface area contributed by atoms with E-state index in [0.717, 1.165) is 0 Å². The Hall–Kier alpha value is -1.86. The van der Waals surface area contributed by atoms with Gasteiger partial charge in [0.05, 0.1) is 5.56 Å². The number of carbonyl (C=O) groups excluding carboxylic acids is 1. The molecule has 0 aliphatic carbocycles. The van der Waals surface area contributed by atoms with Crippen LogP contribution in [0.3, 0.4) is 0 Å². The number of aromatic nitrogens is 1. The van der Waals surface area contributed by atoms with E-state index in [-0.39, 0.29) is 16.4 Å². The molecule has 14 heavy (non-hydrogen) atoms. The minimum Gasteiger partial charge on any atom is -0.476 e. The highest BCUT2D eigenvalue weighted by Crippen LogP contribution is 2.10. The van der Waals surface area contributed by atoms with Gasteiger partial charge in [-0.1, -0.05) is 17.5 Å². The highest BCUT2D eigenvalue weighted by atomic mass is 35.5. The van der Waals surface area contributed by atoms with Crippen molar-refractivity contribution in [2.45, 2.75) is 0 Å². The molecule has 0 saturated carbocycles. The highest BCUT2D eigenvalue weighted by Gasteiger charge is 2.10. The van der Waals surface area contributed by atoms with Crippen LogP contribution < -0.4 is 0 Å². The minimum absolute atomic E-state index is 0.0686. The van der Waals surface area contributed by atoms with E-state index in [1.807, 2.05) is 0 Å². The number of rotatable bonds is 1. The SMILES string of the molecule is O=CC#Cc1ccc(Cl)nc1C(=O)O. The molecule has 0 amide bonds. The van der Waals surface area contributed by atoms with Crippen molar-refractivity contribution in [2.75, 3.05) is 0 Å². The summed E-state index contributed by atoms with van der Waals surface area (Å²) in [7, 11) is 0. The predicted molar refractivity (Wildman–Crippen MR) is 49.1 cm³/mol. The Morgan fingerprint density at radius 3 is 2.86 bits per heavy atom. The van der Waals surface area contributed by atoms with E-state index >= 15 is 0 Å². The van der Waals surface area contributed by atoms with Crippen LogP contribution in [0.4, 0.5) is 0 Å². The normalized spacial score (nSPS) is 8.64. The first-order valence-corrected chi connectivity index (χ1v) is 3.88. The molecular weight excluding hydrogens is 206 g/mol. The molecule has 0 saturated heterocycles. The maximum Gasteiger partial charge on any atom is 0.355 e. The second kappa shape index (κ2) is 4.40. The summed E-state index contributed by atoms with van der Waals surface area (Å²) in [4.78, 5) is 24.2. The third kappa shape index (κ3) is 2.31. The fourth-order valence-electron chi connectivity index (χ4n) is 0.806. The van der Waals surface area contributed by atoms with Crippen LogP contribution in [0.5, 0.6) is 0 Å². The van der Waals surface area contributed by atoms with Crippen LogP contribution in [0, 0.1) is 11.8 Å². The van der Waals surface area contributed by atoms with Crippen molar-refractivity contribution in [3.8, 4) is 11.8 Å². The summed E-state index contributed by atoms with van der Waals surface area (Å²) in [5.41, 5.74) is -0.0964. The molecule has 70 valence electrons. The van der Waals surface area contributed by atoms with Gasteiger partial charge < -0.3 is 5.11 Å². The fourth-order valence-corrected chi connectivity index (χ4v) is 0.954. The van der Waals surface area contributed by atoms with Crippen LogP contribution >= 0.6 is 11.6 Å². The molecule has 0 atom stereocenters. The fraction of sp³-hybridized carbons (Fsp3) is 0. The van der Waals surface area contributed by atoms with Gasteiger partial charge in [-0.15, -0.1) is 0 Å². The van der Waals surface area contributed by atoms with Gasteiger partial charge in [0.25, 0.3) is 0 Å². The summed E-state index contributed by atoms with van der Waals surface area (Å²) in [6, 6.07) is 2.80. The number of carboxylic acids is 1. The monoisotopic (exact) mass is 209 g/mol. The number of hydrogen-bond acceptors (Lipinski definition) is 3. The maximum atomic E-state index is 10.7. The zero-order valence-electron chi connectivity index (χ0n) is 6.82. The van der Waals surface area contributed by atoms with Gasteiger partial charge in [0.2, 0.25) is 0 Å². The van der Waals surface area contributed by atoms with E-state index in [2.05, 4.69) is 16.8 Å². The van der Waals surface area contributed by atoms with Crippen LogP contribution in [-0.4, -0.2) is 22.3 Å². The largest absolute Gasteiger partial charge is 0.476 e. The van der Waals surface area contributed by atoms with Gasteiger partial charge >= 0.3 is 5.97 Å². The van der Waals surface area contributed by atoms with E-state index in [0.29, 0.717) is 6.29 Å². The van der Waals surface area contributed by atoms with E-state index in [1.165, 1.54) is 12.1 Å². The third-order valence-corrected chi connectivity index (χ3v) is 1.54. The first kappa shape index (κ1) is 10.2. The topological polar surface area (TPSA) is 67.3 Å². The number of nitrogens with zero attached hydrogens (tertiary/aromatic N) is 1. The molecule has 4 nitrogen and oxygen atoms in total. The van der Waals surface area contributed by atoms with Gasteiger partial charge in [-0.3, -0.25) is 4.79 Å². The third-order valence-electron chi connectivity index (χ3n) is 1.33. The average Bonchev–Trinajstić information content (AvgIpc) is 2.15. The lowest BCUT2D eigenvalue weighted by Crippen LogP contribution is -2.03. The number of halogens is 1. The predicted octanol–water partition coefficient (Wildman–Crippen LogP) is 0.984. The molecule has 1 aromatic heterocycles. The Morgan fingerprint density at radius 2 is 2.29 bits per heavy atom. The first-order valence-electron chi connectivity index (χ1n) is 3.50. The minimum atomic E-state index is -1.23. The Kier molecular flexibility index (Phi) is 3.21. The first-order chi connectivity index (χ1) is 6.65. The van der Waals surface area contributed by atoms with E-state index in [9.17, 15) is 9.59 Å². The van der Waals surface area contributed by atoms with Crippen LogP contribution in [0.2, 0.25) is 5.15 Å². The van der Waals surface area contributed by atoms with Gasteiger partial charge in [-0.25, -0.2) is 9.78 Å². The van der Waals surface area contributed by atoms with E-state index in [4.69, 9.17) is 16.7 Å². The number of carboxylic acid groups (broad SMARTS) is 1. The quantitative estimate of drug-likeness (QED) is 0.425. The summed E-state index contributed by atoms with van der Waals surface area (Å²) in [6.07, 6.45) is 0.375. The molecule has 1 rings (SSSR count). The van der Waals surface area contributed by atoms with Gasteiger partial charge in [0.15, 0.2) is 12.0 Å². The molecule has 0 spiro atoms. The van der Waals surface area contributed by atoms with Gasteiger partial charge in [-0.2, -0.15) is 0 Å². The molecule has 1 N–H and O–H groups in total. The molecule has 0 radical (unpaired) electrons. The number of aromatic carboxylic acids is 1. The molecule has 0 unspecified atom stereocenters. The summed E-state index contributed by atoms with van der Waals surface area (Å²) in [5.74, 6) is 3.22. The molecule has 1 heterocycles. The number of carbonyl (C=O) groups is 2. The zero-order chi connectivity index (χ0) is 10.6. The Labute approximate surface area is 84.5 Å². The summed E-state index contributed by atoms with van der Waals surface area (Å²) in [5, 5.41) is 8.78. The zero-order valence-corrected chi connectivity index (χ0v) is 7.58. The van der Waals surface area contributed by atoms with E-state index in [1.54, 1.807) is 0 Å². The van der Waals surface area contributed by atoms with Crippen LogP contribution in [0.15, 0.2) is 12.1 Å². The van der Waals surface area contributed by atoms with Crippen LogP contribution in [-0.2, 0) is 4.79 Å². The summed E-state index contributed by atoms with van der Waals surface area (Å²) in [6.45, 7) is 0. The number of aldehydes is 1. The maximum absolute atomic E-state index is 10.7. The van der Waals surface area contributed by atoms with Crippen LogP contribution in [0.25, 0.3) is 0 Å². The lowest BCUT2D eigenvalue weighted by atomic mass is 10.2. The lowest BCUT2D eigenvalue weighted by Gasteiger charge is -1.97. The van der Waals surface area contributed by atoms with Crippen molar-refractivity contribution >= 4 is 23.9 Å². The highest BCUT2D eigenvalue weighted by molar-refractivity contribution is 6.29. The van der Waals surface area contributed by atoms with Crippen LogP contribution in [0.1, 0.15) is 16.1 Å². The number of hydrogen-bond donors (Lipinski definition) is 1. The van der Waals surface area contributed by atoms with Gasteiger partial charge in [0, 0.05) is 0 Å². The van der Waals surface area contributed by atoms with Crippen molar-refractivity contribution in [3.63, 3.8) is 0 Å². The van der Waals surface area contributed by atoms with E-state index < -0.39 is 5.97 Å².